The Hall–Kier alpha value is -2.80. The summed E-state index contributed by atoms with van der Waals surface area (Å²) >= 11 is 5.79. The number of aromatic nitrogens is 3. The predicted molar refractivity (Wildman–Crippen MR) is 101 cm³/mol. The molecule has 4 rings (SSSR count). The molecule has 1 unspecified atom stereocenters. The molecule has 140 valence electrons. The summed E-state index contributed by atoms with van der Waals surface area (Å²) in [6.07, 6.45) is 4.55. The quantitative estimate of drug-likeness (QED) is 0.744. The van der Waals surface area contributed by atoms with Crippen LogP contribution in [-0.2, 0) is 0 Å². The van der Waals surface area contributed by atoms with Gasteiger partial charge < -0.3 is 19.4 Å². The Balaban J connectivity index is 1.47. The number of fused-ring (bicyclic) bond motifs is 1. The summed E-state index contributed by atoms with van der Waals surface area (Å²) in [5.41, 5.74) is 1.43. The van der Waals surface area contributed by atoms with Crippen LogP contribution in [0.5, 0.6) is 11.8 Å². The SMILES string of the molecule is COc1ccc2cc(C(=O)N3CCCC(Oc4ncc(Cl)cn4)C3)[nH]c2c1. The number of amides is 1. The summed E-state index contributed by atoms with van der Waals surface area (Å²) in [6, 6.07) is 7.83. The molecule has 0 radical (unpaired) electrons. The largest absolute Gasteiger partial charge is 0.497 e. The molecule has 1 N–H and O–H groups in total. The average molecular weight is 387 g/mol. The molecule has 0 saturated carbocycles. The molecule has 8 heteroatoms. The van der Waals surface area contributed by atoms with Crippen molar-refractivity contribution in [1.29, 1.82) is 0 Å². The first kappa shape index (κ1) is 17.6. The zero-order valence-electron chi connectivity index (χ0n) is 14.8. The first-order chi connectivity index (χ1) is 13.1. The van der Waals surface area contributed by atoms with E-state index in [1.807, 2.05) is 24.3 Å². The van der Waals surface area contributed by atoms with E-state index >= 15 is 0 Å². The Bertz CT molecular complexity index is 957. The third-order valence-corrected chi connectivity index (χ3v) is 4.79. The second-order valence-corrected chi connectivity index (χ2v) is 6.89. The van der Waals surface area contributed by atoms with Gasteiger partial charge >= 0.3 is 6.01 Å². The lowest BCUT2D eigenvalue weighted by atomic mass is 10.1. The maximum Gasteiger partial charge on any atom is 0.316 e. The summed E-state index contributed by atoms with van der Waals surface area (Å²) in [5, 5.41) is 1.43. The molecule has 0 bridgehead atoms. The number of likely N-dealkylation sites (tertiary alicyclic amines) is 1. The molecule has 3 aromatic rings. The lowest BCUT2D eigenvalue weighted by molar-refractivity contribution is 0.0511. The van der Waals surface area contributed by atoms with Crippen LogP contribution < -0.4 is 9.47 Å². The van der Waals surface area contributed by atoms with Crippen molar-refractivity contribution in [2.24, 2.45) is 0 Å². The number of hydrogen-bond acceptors (Lipinski definition) is 5. The molecule has 1 fully saturated rings. The van der Waals surface area contributed by atoms with E-state index < -0.39 is 0 Å². The molecule has 3 heterocycles. The van der Waals surface area contributed by atoms with Crippen molar-refractivity contribution in [3.05, 3.63) is 47.4 Å². The van der Waals surface area contributed by atoms with Gasteiger partial charge in [0.05, 0.1) is 31.1 Å². The van der Waals surface area contributed by atoms with Crippen LogP contribution in [0.25, 0.3) is 10.9 Å². The highest BCUT2D eigenvalue weighted by Crippen LogP contribution is 2.23. The maximum absolute atomic E-state index is 12.9. The van der Waals surface area contributed by atoms with Gasteiger partial charge in [0.15, 0.2) is 0 Å². The number of benzene rings is 1. The average Bonchev–Trinajstić information content (AvgIpc) is 3.12. The molecule has 1 aliphatic heterocycles. The van der Waals surface area contributed by atoms with Crippen LogP contribution in [0.4, 0.5) is 0 Å². The number of nitrogens with zero attached hydrogens (tertiary/aromatic N) is 3. The highest BCUT2D eigenvalue weighted by molar-refractivity contribution is 6.30. The summed E-state index contributed by atoms with van der Waals surface area (Å²) in [5.74, 6) is 0.702. The highest BCUT2D eigenvalue weighted by Gasteiger charge is 2.27. The van der Waals surface area contributed by atoms with Gasteiger partial charge in [-0.25, -0.2) is 9.97 Å². The monoisotopic (exact) mass is 386 g/mol. The number of halogens is 1. The highest BCUT2D eigenvalue weighted by atomic mass is 35.5. The van der Waals surface area contributed by atoms with Gasteiger partial charge in [-0.1, -0.05) is 11.6 Å². The van der Waals surface area contributed by atoms with Crippen molar-refractivity contribution in [3.63, 3.8) is 0 Å². The van der Waals surface area contributed by atoms with Crippen molar-refractivity contribution >= 4 is 28.4 Å². The van der Waals surface area contributed by atoms with Crippen molar-refractivity contribution in [2.75, 3.05) is 20.2 Å². The lowest BCUT2D eigenvalue weighted by Crippen LogP contribution is -2.44. The van der Waals surface area contributed by atoms with Gasteiger partial charge in [-0.3, -0.25) is 4.79 Å². The van der Waals surface area contributed by atoms with E-state index in [4.69, 9.17) is 21.1 Å². The van der Waals surface area contributed by atoms with Gasteiger partial charge in [0, 0.05) is 23.5 Å². The molecular formula is C19H19ClN4O3. The van der Waals surface area contributed by atoms with E-state index in [1.54, 1.807) is 12.0 Å². The Kier molecular flexibility index (Phi) is 4.85. The van der Waals surface area contributed by atoms with Gasteiger partial charge in [-0.2, -0.15) is 0 Å². The Labute approximate surface area is 161 Å². The molecule has 1 saturated heterocycles. The van der Waals surface area contributed by atoms with Crippen LogP contribution in [0.1, 0.15) is 23.3 Å². The predicted octanol–water partition coefficient (Wildman–Crippen LogP) is 3.30. The van der Waals surface area contributed by atoms with Gasteiger partial charge in [0.25, 0.3) is 5.91 Å². The molecule has 1 atom stereocenters. The van der Waals surface area contributed by atoms with Crippen molar-refractivity contribution in [3.8, 4) is 11.8 Å². The minimum atomic E-state index is -0.145. The number of rotatable bonds is 4. The number of aromatic amines is 1. The number of hydrogen-bond donors (Lipinski definition) is 1. The first-order valence-electron chi connectivity index (χ1n) is 8.72. The minimum Gasteiger partial charge on any atom is -0.497 e. The number of piperidine rings is 1. The number of ether oxygens (including phenoxy) is 2. The number of methoxy groups -OCH3 is 1. The Morgan fingerprint density at radius 2 is 2.11 bits per heavy atom. The number of carbonyl (C=O) groups is 1. The van der Waals surface area contributed by atoms with Crippen molar-refractivity contribution in [2.45, 2.75) is 18.9 Å². The summed E-state index contributed by atoms with van der Waals surface area (Å²) in [6.45, 7) is 1.18. The van der Waals surface area contributed by atoms with E-state index in [0.717, 1.165) is 29.5 Å². The lowest BCUT2D eigenvalue weighted by Gasteiger charge is -2.32. The Morgan fingerprint density at radius 3 is 2.89 bits per heavy atom. The van der Waals surface area contributed by atoms with Gasteiger partial charge in [-0.05, 0) is 31.0 Å². The molecule has 7 nitrogen and oxygen atoms in total. The molecule has 0 aliphatic carbocycles. The molecule has 1 aliphatic rings. The zero-order valence-corrected chi connectivity index (χ0v) is 15.6. The zero-order chi connectivity index (χ0) is 18.8. The first-order valence-corrected chi connectivity index (χ1v) is 9.10. The third kappa shape index (κ3) is 3.83. The summed E-state index contributed by atoms with van der Waals surface area (Å²) < 4.78 is 11.0. The molecule has 1 aromatic carbocycles. The van der Waals surface area contributed by atoms with Gasteiger partial charge in [-0.15, -0.1) is 0 Å². The fourth-order valence-corrected chi connectivity index (χ4v) is 3.35. The second-order valence-electron chi connectivity index (χ2n) is 6.45. The van der Waals surface area contributed by atoms with Crippen LogP contribution >= 0.6 is 11.6 Å². The molecule has 27 heavy (non-hydrogen) atoms. The van der Waals surface area contributed by atoms with E-state index in [1.165, 1.54) is 12.4 Å². The van der Waals surface area contributed by atoms with Gasteiger partial charge in [0.2, 0.25) is 0 Å². The Morgan fingerprint density at radius 1 is 1.30 bits per heavy atom. The minimum absolute atomic E-state index is 0.0458. The second kappa shape index (κ2) is 7.44. The molecular weight excluding hydrogens is 368 g/mol. The summed E-state index contributed by atoms with van der Waals surface area (Å²) in [7, 11) is 1.62. The van der Waals surface area contributed by atoms with E-state index in [-0.39, 0.29) is 18.0 Å². The third-order valence-electron chi connectivity index (χ3n) is 4.59. The fraction of sp³-hybridized carbons (Fsp3) is 0.316. The van der Waals surface area contributed by atoms with E-state index in [0.29, 0.717) is 23.8 Å². The molecule has 0 spiro atoms. The molecule has 1 amide bonds. The number of carbonyl (C=O) groups excluding carboxylic acids is 1. The smallest absolute Gasteiger partial charge is 0.316 e. The van der Waals surface area contributed by atoms with Crippen molar-refractivity contribution < 1.29 is 14.3 Å². The van der Waals surface area contributed by atoms with Gasteiger partial charge in [0.1, 0.15) is 17.5 Å². The van der Waals surface area contributed by atoms with Crippen LogP contribution in [-0.4, -0.2) is 52.1 Å². The number of H-pyrrole nitrogens is 1. The van der Waals surface area contributed by atoms with E-state index in [9.17, 15) is 4.79 Å². The van der Waals surface area contributed by atoms with Crippen molar-refractivity contribution in [1.82, 2.24) is 19.9 Å². The fourth-order valence-electron chi connectivity index (χ4n) is 3.25. The molecule has 2 aromatic heterocycles. The standard InChI is InChI=1S/C19H19ClN4O3/c1-26-14-5-4-12-7-17(23-16(12)8-14)18(25)24-6-2-3-15(11-24)27-19-21-9-13(20)10-22-19/h4-5,7-10,15,23H,2-3,6,11H2,1H3. The maximum atomic E-state index is 12.9. The summed E-state index contributed by atoms with van der Waals surface area (Å²) in [4.78, 5) is 26.0. The van der Waals surface area contributed by atoms with Crippen LogP contribution in [0.2, 0.25) is 5.02 Å². The van der Waals surface area contributed by atoms with E-state index in [2.05, 4.69) is 15.0 Å². The normalized spacial score (nSPS) is 17.1. The van der Waals surface area contributed by atoms with Crippen LogP contribution in [0.3, 0.4) is 0 Å². The van der Waals surface area contributed by atoms with Crippen LogP contribution in [0, 0.1) is 0 Å². The topological polar surface area (TPSA) is 80.3 Å². The number of nitrogens with one attached hydrogen (secondary N) is 1. The van der Waals surface area contributed by atoms with Crippen LogP contribution in [0.15, 0.2) is 36.7 Å².